The number of benzene rings is 2. The third-order valence-electron chi connectivity index (χ3n) is 3.22. The molecule has 6 nitrogen and oxygen atoms in total. The van der Waals surface area contributed by atoms with Gasteiger partial charge in [0, 0.05) is 0 Å². The van der Waals surface area contributed by atoms with E-state index in [-0.39, 0.29) is 22.7 Å². The number of amides is 1. The van der Waals surface area contributed by atoms with Crippen molar-refractivity contribution < 1.29 is 28.6 Å². The maximum absolute atomic E-state index is 13.5. The first-order valence-corrected chi connectivity index (χ1v) is 7.06. The SMILES string of the molecule is COc1cccc(C(=O)OC(C)C(=O)Nc2ccccc2F)c1O. The summed E-state index contributed by atoms with van der Waals surface area (Å²) in [5.41, 5.74) is -0.158. The highest BCUT2D eigenvalue weighted by Gasteiger charge is 2.23. The van der Waals surface area contributed by atoms with Crippen LogP contribution in [0.1, 0.15) is 17.3 Å². The number of para-hydroxylation sites is 2. The summed E-state index contributed by atoms with van der Waals surface area (Å²) in [6.45, 7) is 1.34. The molecule has 1 amide bonds. The van der Waals surface area contributed by atoms with E-state index >= 15 is 0 Å². The first-order chi connectivity index (χ1) is 11.4. The number of nitrogens with one attached hydrogen (secondary N) is 1. The minimum atomic E-state index is -1.19. The van der Waals surface area contributed by atoms with Crippen LogP contribution in [0.5, 0.6) is 11.5 Å². The largest absolute Gasteiger partial charge is 0.504 e. The lowest BCUT2D eigenvalue weighted by molar-refractivity contribution is -0.123. The van der Waals surface area contributed by atoms with Gasteiger partial charge in [-0.15, -0.1) is 0 Å². The van der Waals surface area contributed by atoms with Crippen LogP contribution in [0.3, 0.4) is 0 Å². The van der Waals surface area contributed by atoms with Crippen LogP contribution in [0.25, 0.3) is 0 Å². The molecule has 0 aromatic heterocycles. The highest BCUT2D eigenvalue weighted by Crippen LogP contribution is 2.30. The normalized spacial score (nSPS) is 11.5. The average Bonchev–Trinajstić information content (AvgIpc) is 2.56. The smallest absolute Gasteiger partial charge is 0.342 e. The molecule has 0 heterocycles. The minimum absolute atomic E-state index is 0.0189. The van der Waals surface area contributed by atoms with Gasteiger partial charge in [-0.3, -0.25) is 4.79 Å². The van der Waals surface area contributed by atoms with Crippen LogP contribution in [0.15, 0.2) is 42.5 Å². The third-order valence-corrected chi connectivity index (χ3v) is 3.22. The predicted octanol–water partition coefficient (Wildman–Crippen LogP) is 2.72. The molecule has 2 aromatic carbocycles. The fourth-order valence-electron chi connectivity index (χ4n) is 1.93. The van der Waals surface area contributed by atoms with Gasteiger partial charge in [0.05, 0.1) is 12.8 Å². The molecule has 0 aliphatic heterocycles. The lowest BCUT2D eigenvalue weighted by Crippen LogP contribution is -2.30. The molecule has 0 bridgehead atoms. The number of hydrogen-bond acceptors (Lipinski definition) is 5. The zero-order valence-electron chi connectivity index (χ0n) is 13.1. The Labute approximate surface area is 137 Å². The van der Waals surface area contributed by atoms with Gasteiger partial charge in [0.1, 0.15) is 11.4 Å². The van der Waals surface area contributed by atoms with Crippen LogP contribution in [-0.4, -0.2) is 30.2 Å². The van der Waals surface area contributed by atoms with Crippen LogP contribution in [0.4, 0.5) is 10.1 Å². The minimum Gasteiger partial charge on any atom is -0.504 e. The number of anilines is 1. The summed E-state index contributed by atoms with van der Waals surface area (Å²) in [7, 11) is 1.34. The number of rotatable bonds is 5. The number of ether oxygens (including phenoxy) is 2. The summed E-state index contributed by atoms with van der Waals surface area (Å²) in [6, 6.07) is 9.93. The topological polar surface area (TPSA) is 84.9 Å². The number of aromatic hydroxyl groups is 1. The third kappa shape index (κ3) is 3.81. The summed E-state index contributed by atoms with van der Waals surface area (Å²) in [6.07, 6.45) is -1.19. The molecule has 1 atom stereocenters. The number of phenols is 1. The molecule has 0 saturated carbocycles. The van der Waals surface area contributed by atoms with E-state index in [9.17, 15) is 19.1 Å². The molecular weight excluding hydrogens is 317 g/mol. The zero-order valence-corrected chi connectivity index (χ0v) is 13.1. The second-order valence-corrected chi connectivity index (χ2v) is 4.87. The summed E-state index contributed by atoms with van der Waals surface area (Å²) in [4.78, 5) is 24.1. The Kier molecular flexibility index (Phi) is 5.36. The number of hydrogen-bond donors (Lipinski definition) is 2. The Morgan fingerprint density at radius 2 is 1.88 bits per heavy atom. The quantitative estimate of drug-likeness (QED) is 0.822. The summed E-state index contributed by atoms with van der Waals surface area (Å²) >= 11 is 0. The summed E-state index contributed by atoms with van der Waals surface area (Å²) < 4.78 is 23.4. The second-order valence-electron chi connectivity index (χ2n) is 4.87. The molecule has 0 spiro atoms. The Balaban J connectivity index is 2.06. The van der Waals surface area contributed by atoms with Crippen molar-refractivity contribution in [3.8, 4) is 11.5 Å². The van der Waals surface area contributed by atoms with Crippen molar-refractivity contribution in [2.75, 3.05) is 12.4 Å². The first kappa shape index (κ1) is 17.3. The van der Waals surface area contributed by atoms with Crippen molar-refractivity contribution in [3.63, 3.8) is 0 Å². The molecule has 2 rings (SSSR count). The average molecular weight is 333 g/mol. The Morgan fingerprint density at radius 1 is 1.17 bits per heavy atom. The monoisotopic (exact) mass is 333 g/mol. The van der Waals surface area contributed by atoms with Crippen molar-refractivity contribution in [2.24, 2.45) is 0 Å². The number of methoxy groups -OCH3 is 1. The second kappa shape index (κ2) is 7.45. The fraction of sp³-hybridized carbons (Fsp3) is 0.176. The van der Waals surface area contributed by atoms with Gasteiger partial charge in [0.15, 0.2) is 17.6 Å². The number of carbonyl (C=O) groups excluding carboxylic acids is 2. The molecule has 126 valence electrons. The zero-order chi connectivity index (χ0) is 17.7. The lowest BCUT2D eigenvalue weighted by Gasteiger charge is -2.15. The van der Waals surface area contributed by atoms with Crippen molar-refractivity contribution in [2.45, 2.75) is 13.0 Å². The Hall–Kier alpha value is -3.09. The highest BCUT2D eigenvalue weighted by atomic mass is 19.1. The summed E-state index contributed by atoms with van der Waals surface area (Å²) in [5, 5.41) is 12.2. The molecule has 0 aliphatic carbocycles. The van der Waals surface area contributed by atoms with Crippen LogP contribution < -0.4 is 10.1 Å². The standard InChI is InChI=1S/C17H16FNO5/c1-10(16(21)19-13-8-4-3-7-12(13)18)24-17(22)11-6-5-9-14(23-2)15(11)20/h3-10,20H,1-2H3,(H,19,21). The maximum atomic E-state index is 13.5. The molecule has 24 heavy (non-hydrogen) atoms. The first-order valence-electron chi connectivity index (χ1n) is 7.06. The molecule has 0 aliphatic rings. The van der Waals surface area contributed by atoms with E-state index in [0.29, 0.717) is 0 Å². The molecule has 0 radical (unpaired) electrons. The van der Waals surface area contributed by atoms with E-state index in [4.69, 9.17) is 9.47 Å². The molecule has 0 fully saturated rings. The highest BCUT2D eigenvalue weighted by molar-refractivity contribution is 5.98. The van der Waals surface area contributed by atoms with Gasteiger partial charge in [-0.25, -0.2) is 9.18 Å². The fourth-order valence-corrected chi connectivity index (χ4v) is 1.93. The van der Waals surface area contributed by atoms with Gasteiger partial charge in [-0.1, -0.05) is 18.2 Å². The van der Waals surface area contributed by atoms with E-state index in [2.05, 4.69) is 5.32 Å². The van der Waals surface area contributed by atoms with E-state index in [0.717, 1.165) is 0 Å². The molecule has 2 aromatic rings. The number of halogens is 1. The van der Waals surface area contributed by atoms with Crippen molar-refractivity contribution in [1.82, 2.24) is 0 Å². The van der Waals surface area contributed by atoms with Crippen LogP contribution in [0, 0.1) is 5.82 Å². The van der Waals surface area contributed by atoms with E-state index < -0.39 is 23.8 Å². The van der Waals surface area contributed by atoms with Gasteiger partial charge in [0.25, 0.3) is 5.91 Å². The van der Waals surface area contributed by atoms with Gasteiger partial charge in [-0.05, 0) is 31.2 Å². The van der Waals surface area contributed by atoms with E-state index in [1.165, 1.54) is 50.4 Å². The lowest BCUT2D eigenvalue weighted by atomic mass is 10.2. The summed E-state index contributed by atoms with van der Waals surface area (Å²) in [5.74, 6) is -2.48. The Bertz CT molecular complexity index is 762. The molecule has 0 saturated heterocycles. The number of carbonyl (C=O) groups is 2. The molecule has 2 N–H and O–H groups in total. The van der Waals surface area contributed by atoms with Crippen molar-refractivity contribution in [3.05, 3.63) is 53.8 Å². The maximum Gasteiger partial charge on any atom is 0.342 e. The van der Waals surface area contributed by atoms with Crippen molar-refractivity contribution >= 4 is 17.6 Å². The van der Waals surface area contributed by atoms with Gasteiger partial charge >= 0.3 is 5.97 Å². The van der Waals surface area contributed by atoms with Crippen LogP contribution in [-0.2, 0) is 9.53 Å². The van der Waals surface area contributed by atoms with Crippen molar-refractivity contribution in [1.29, 1.82) is 0 Å². The van der Waals surface area contributed by atoms with E-state index in [1.54, 1.807) is 6.07 Å². The van der Waals surface area contributed by atoms with E-state index in [1.807, 2.05) is 0 Å². The Morgan fingerprint density at radius 3 is 2.54 bits per heavy atom. The van der Waals surface area contributed by atoms with Gasteiger partial charge < -0.3 is 19.9 Å². The molecular formula is C17H16FNO5. The van der Waals surface area contributed by atoms with Crippen LogP contribution >= 0.6 is 0 Å². The van der Waals surface area contributed by atoms with Gasteiger partial charge in [0.2, 0.25) is 0 Å². The predicted molar refractivity (Wildman–Crippen MR) is 84.6 cm³/mol. The number of esters is 1. The van der Waals surface area contributed by atoms with Crippen LogP contribution in [0.2, 0.25) is 0 Å². The molecule has 7 heteroatoms. The number of phenolic OH excluding ortho intramolecular Hbond substituents is 1. The molecule has 1 unspecified atom stereocenters. The van der Waals surface area contributed by atoms with Gasteiger partial charge in [-0.2, -0.15) is 0 Å².